The van der Waals surface area contributed by atoms with Crippen LogP contribution in [0.2, 0.25) is 0 Å². The molecule has 0 aromatic heterocycles. The zero-order valence-corrected chi connectivity index (χ0v) is 17.0. The van der Waals surface area contributed by atoms with Crippen LogP contribution in [0.4, 0.5) is 0 Å². The minimum atomic E-state index is -3.55. The van der Waals surface area contributed by atoms with Gasteiger partial charge in [0.2, 0.25) is 10.0 Å². The van der Waals surface area contributed by atoms with Gasteiger partial charge in [-0.2, -0.15) is 4.31 Å². The molecule has 6 nitrogen and oxygen atoms in total. The molecule has 0 bridgehead atoms. The number of aliphatic hydroxyl groups is 1. The van der Waals surface area contributed by atoms with E-state index in [-0.39, 0.29) is 12.0 Å². The number of methoxy groups -OCH3 is 1. The lowest BCUT2D eigenvalue weighted by atomic mass is 9.79. The van der Waals surface area contributed by atoms with Crippen molar-refractivity contribution in [3.63, 3.8) is 0 Å². The minimum absolute atomic E-state index is 0.0802. The van der Waals surface area contributed by atoms with Gasteiger partial charge in [0.05, 0.1) is 18.6 Å². The highest BCUT2D eigenvalue weighted by Gasteiger charge is 2.38. The van der Waals surface area contributed by atoms with Crippen LogP contribution in [-0.2, 0) is 10.0 Å². The third-order valence-corrected chi connectivity index (χ3v) is 7.32. The number of hydrogen-bond donors (Lipinski definition) is 1. The molecule has 0 saturated carbocycles. The third kappa shape index (κ3) is 4.11. The Labute approximate surface area is 161 Å². The maximum atomic E-state index is 13.1. The monoisotopic (exact) mass is 392 g/mol. The van der Waals surface area contributed by atoms with Gasteiger partial charge in [-0.15, -0.1) is 0 Å². The molecule has 2 aromatic carbocycles. The Morgan fingerprint density at radius 1 is 1.11 bits per heavy atom. The van der Waals surface area contributed by atoms with Gasteiger partial charge in [0.15, 0.2) is 0 Å². The quantitative estimate of drug-likeness (QED) is 0.816. The summed E-state index contributed by atoms with van der Waals surface area (Å²) < 4.78 is 33.0. The maximum absolute atomic E-state index is 13.1. The Morgan fingerprint density at radius 2 is 1.74 bits per heavy atom. The number of rotatable bonds is 6. The number of sulfonamides is 1. The van der Waals surface area contributed by atoms with Gasteiger partial charge in [0, 0.05) is 25.0 Å². The Balaban J connectivity index is 1.82. The van der Waals surface area contributed by atoms with Gasteiger partial charge in [-0.25, -0.2) is 8.42 Å². The van der Waals surface area contributed by atoms with Crippen LogP contribution in [0, 0.1) is 5.41 Å². The number of fused-ring (bicyclic) bond motifs is 1. The molecule has 0 aliphatic carbocycles. The Hall–Kier alpha value is -1.67. The lowest BCUT2D eigenvalue weighted by Crippen LogP contribution is -2.48. The van der Waals surface area contributed by atoms with Crippen LogP contribution in [0.3, 0.4) is 0 Å². The average molecular weight is 393 g/mol. The third-order valence-electron chi connectivity index (χ3n) is 5.43. The van der Waals surface area contributed by atoms with Gasteiger partial charge in [0.25, 0.3) is 0 Å². The van der Waals surface area contributed by atoms with Crippen LogP contribution in [-0.4, -0.2) is 70.2 Å². The predicted molar refractivity (Wildman–Crippen MR) is 107 cm³/mol. The van der Waals surface area contributed by atoms with Gasteiger partial charge in [-0.3, -0.25) is 0 Å². The minimum Gasteiger partial charge on any atom is -0.497 e. The molecule has 1 aliphatic heterocycles. The molecule has 1 aliphatic rings. The average Bonchev–Trinajstić information content (AvgIpc) is 2.67. The molecule has 0 spiro atoms. The lowest BCUT2D eigenvalue weighted by Gasteiger charge is -2.41. The highest BCUT2D eigenvalue weighted by Crippen LogP contribution is 2.34. The molecule has 1 heterocycles. The second kappa shape index (κ2) is 7.75. The van der Waals surface area contributed by atoms with E-state index in [9.17, 15) is 13.5 Å². The largest absolute Gasteiger partial charge is 0.497 e. The summed E-state index contributed by atoms with van der Waals surface area (Å²) >= 11 is 0. The van der Waals surface area contributed by atoms with Crippen molar-refractivity contribution >= 4 is 20.8 Å². The zero-order chi connectivity index (χ0) is 19.7. The van der Waals surface area contributed by atoms with Gasteiger partial charge < -0.3 is 14.7 Å². The van der Waals surface area contributed by atoms with Crippen molar-refractivity contribution in [1.29, 1.82) is 0 Å². The standard InChI is InChI=1S/C20H28N2O4S/c1-21(2)14-20(15-23)8-10-22(11-9-20)27(24,25)19-7-5-16-12-18(26-3)6-4-17(16)13-19/h4-7,12-13,23H,8-11,14-15H2,1-3H3. The van der Waals surface area contributed by atoms with Gasteiger partial charge in [-0.1, -0.05) is 12.1 Å². The zero-order valence-electron chi connectivity index (χ0n) is 16.2. The van der Waals surface area contributed by atoms with E-state index < -0.39 is 10.0 Å². The molecule has 1 N–H and O–H groups in total. The molecule has 7 heteroatoms. The molecule has 3 rings (SSSR count). The van der Waals surface area contributed by atoms with E-state index >= 15 is 0 Å². The summed E-state index contributed by atoms with van der Waals surface area (Å²) in [5.41, 5.74) is -0.227. The van der Waals surface area contributed by atoms with Crippen molar-refractivity contribution in [2.24, 2.45) is 5.41 Å². The summed E-state index contributed by atoms with van der Waals surface area (Å²) in [5, 5.41) is 11.7. The van der Waals surface area contributed by atoms with Crippen LogP contribution in [0.5, 0.6) is 5.75 Å². The second-order valence-electron chi connectivity index (χ2n) is 7.67. The first-order valence-electron chi connectivity index (χ1n) is 9.13. The van der Waals surface area contributed by atoms with E-state index in [1.165, 1.54) is 0 Å². The van der Waals surface area contributed by atoms with Crippen LogP contribution < -0.4 is 4.74 Å². The van der Waals surface area contributed by atoms with Crippen molar-refractivity contribution in [3.8, 4) is 5.75 Å². The summed E-state index contributed by atoms with van der Waals surface area (Å²) in [6, 6.07) is 10.8. The molecular formula is C20H28N2O4S. The molecule has 1 saturated heterocycles. The first-order chi connectivity index (χ1) is 12.8. The Morgan fingerprint density at radius 3 is 2.33 bits per heavy atom. The number of nitrogens with zero attached hydrogens (tertiary/aromatic N) is 2. The van der Waals surface area contributed by atoms with Crippen molar-refractivity contribution in [2.75, 3.05) is 47.4 Å². The molecule has 0 atom stereocenters. The van der Waals surface area contributed by atoms with Crippen LogP contribution >= 0.6 is 0 Å². The molecule has 1 fully saturated rings. The SMILES string of the molecule is COc1ccc2cc(S(=O)(=O)N3CCC(CO)(CN(C)C)CC3)ccc2c1. The first kappa shape index (κ1) is 20.1. The molecule has 0 unspecified atom stereocenters. The Kier molecular flexibility index (Phi) is 5.76. The van der Waals surface area contributed by atoms with Crippen molar-refractivity contribution in [1.82, 2.24) is 9.21 Å². The van der Waals surface area contributed by atoms with Gasteiger partial charge >= 0.3 is 0 Å². The number of benzene rings is 2. The fourth-order valence-corrected chi connectivity index (χ4v) is 5.35. The van der Waals surface area contributed by atoms with E-state index in [4.69, 9.17) is 4.74 Å². The maximum Gasteiger partial charge on any atom is 0.243 e. The van der Waals surface area contributed by atoms with E-state index in [2.05, 4.69) is 4.90 Å². The molecule has 0 radical (unpaired) electrons. The topological polar surface area (TPSA) is 70.1 Å². The smallest absolute Gasteiger partial charge is 0.243 e. The van der Waals surface area contributed by atoms with Crippen molar-refractivity contribution in [3.05, 3.63) is 36.4 Å². The normalized spacial score (nSPS) is 18.1. The number of piperidine rings is 1. The molecule has 27 heavy (non-hydrogen) atoms. The fourth-order valence-electron chi connectivity index (χ4n) is 3.88. The van der Waals surface area contributed by atoms with Gasteiger partial charge in [0.1, 0.15) is 5.75 Å². The molecule has 148 valence electrons. The van der Waals surface area contributed by atoms with Crippen molar-refractivity contribution < 1.29 is 18.3 Å². The van der Waals surface area contributed by atoms with Crippen LogP contribution in [0.1, 0.15) is 12.8 Å². The predicted octanol–water partition coefficient (Wildman–Crippen LogP) is 2.17. The van der Waals surface area contributed by atoms with E-state index in [0.717, 1.165) is 23.1 Å². The molecule has 2 aromatic rings. The molecular weight excluding hydrogens is 364 g/mol. The summed E-state index contributed by atoms with van der Waals surface area (Å²) in [6.45, 7) is 1.70. The molecule has 0 amide bonds. The Bertz CT molecular complexity index is 903. The summed E-state index contributed by atoms with van der Waals surface area (Å²) in [7, 11) is 2.01. The fraction of sp³-hybridized carbons (Fsp3) is 0.500. The van der Waals surface area contributed by atoms with Crippen molar-refractivity contribution in [2.45, 2.75) is 17.7 Å². The highest BCUT2D eigenvalue weighted by molar-refractivity contribution is 7.89. The second-order valence-corrected chi connectivity index (χ2v) is 9.61. The van der Waals surface area contributed by atoms with E-state index in [1.54, 1.807) is 23.5 Å². The van der Waals surface area contributed by atoms with Gasteiger partial charge in [-0.05, 0) is 62.0 Å². The lowest BCUT2D eigenvalue weighted by molar-refractivity contribution is 0.0442. The summed E-state index contributed by atoms with van der Waals surface area (Å²) in [4.78, 5) is 2.36. The number of ether oxygens (including phenoxy) is 1. The number of hydrogen-bond acceptors (Lipinski definition) is 5. The first-order valence-corrected chi connectivity index (χ1v) is 10.6. The summed E-state index contributed by atoms with van der Waals surface area (Å²) in [5.74, 6) is 0.746. The van der Waals surface area contributed by atoms with E-state index in [0.29, 0.717) is 30.8 Å². The summed E-state index contributed by atoms with van der Waals surface area (Å²) in [6.07, 6.45) is 1.32. The highest BCUT2D eigenvalue weighted by atomic mass is 32.2. The van der Waals surface area contributed by atoms with Crippen LogP contribution in [0.15, 0.2) is 41.3 Å². The van der Waals surface area contributed by atoms with Crippen LogP contribution in [0.25, 0.3) is 10.8 Å². The number of aliphatic hydroxyl groups excluding tert-OH is 1. The van der Waals surface area contributed by atoms with E-state index in [1.807, 2.05) is 38.4 Å².